The molecule has 0 radical (unpaired) electrons. The molecule has 8 nitrogen and oxygen atoms in total. The fourth-order valence-corrected chi connectivity index (χ4v) is 5.08. The lowest BCUT2D eigenvalue weighted by Crippen LogP contribution is -2.32. The third-order valence-electron chi connectivity index (χ3n) is 7.50. The molecule has 0 spiro atoms. The van der Waals surface area contributed by atoms with Crippen LogP contribution in [-0.4, -0.2) is 42.6 Å². The SMILES string of the molecule is C1CCNC1.COc1ccc(Nc2ncc3c(n2)CCN(c2cc(NC(=O)c4cccc(C(F)(F)F)c4)ccc2C)C3)cc1. The molecule has 1 fully saturated rings. The van der Waals surface area contributed by atoms with E-state index in [2.05, 4.69) is 25.8 Å². The van der Waals surface area contributed by atoms with E-state index in [0.717, 1.165) is 46.1 Å². The lowest BCUT2D eigenvalue weighted by atomic mass is 10.0. The van der Waals surface area contributed by atoms with Gasteiger partial charge in [0.25, 0.3) is 5.91 Å². The predicted molar refractivity (Wildman–Crippen MR) is 166 cm³/mol. The van der Waals surface area contributed by atoms with Crippen molar-refractivity contribution in [2.45, 2.75) is 38.9 Å². The van der Waals surface area contributed by atoms with Crippen LogP contribution in [0.5, 0.6) is 5.75 Å². The number of nitrogens with one attached hydrogen (secondary N) is 3. The van der Waals surface area contributed by atoms with E-state index >= 15 is 0 Å². The molecule has 3 aromatic carbocycles. The zero-order chi connectivity index (χ0) is 31.1. The van der Waals surface area contributed by atoms with Gasteiger partial charge in [0, 0.05) is 53.9 Å². The van der Waals surface area contributed by atoms with Crippen molar-refractivity contribution in [3.05, 3.63) is 101 Å². The Morgan fingerprint density at radius 3 is 2.43 bits per heavy atom. The second-order valence-electron chi connectivity index (χ2n) is 10.7. The van der Waals surface area contributed by atoms with Crippen LogP contribution in [0.3, 0.4) is 0 Å². The number of halogens is 3. The average molecular weight is 605 g/mol. The van der Waals surface area contributed by atoms with Crippen molar-refractivity contribution in [2.75, 3.05) is 42.3 Å². The molecule has 11 heteroatoms. The lowest BCUT2D eigenvalue weighted by Gasteiger charge is -2.31. The molecule has 0 unspecified atom stereocenters. The minimum absolute atomic E-state index is 0.0601. The van der Waals surface area contributed by atoms with E-state index in [9.17, 15) is 18.0 Å². The Balaban J connectivity index is 0.000000698. The minimum Gasteiger partial charge on any atom is -0.497 e. The van der Waals surface area contributed by atoms with Crippen LogP contribution < -0.4 is 25.6 Å². The van der Waals surface area contributed by atoms with Crippen LogP contribution >= 0.6 is 0 Å². The number of nitrogens with zero attached hydrogens (tertiary/aromatic N) is 3. The first-order valence-corrected chi connectivity index (χ1v) is 14.5. The molecule has 0 bridgehead atoms. The summed E-state index contributed by atoms with van der Waals surface area (Å²) in [5.74, 6) is 0.676. The number of anilines is 4. The first kappa shape index (κ1) is 30.8. The highest BCUT2D eigenvalue weighted by Gasteiger charge is 2.31. The topological polar surface area (TPSA) is 91.4 Å². The van der Waals surface area contributed by atoms with Crippen molar-refractivity contribution in [2.24, 2.45) is 0 Å². The average Bonchev–Trinajstić information content (AvgIpc) is 3.62. The van der Waals surface area contributed by atoms with Crippen LogP contribution in [-0.2, 0) is 19.1 Å². The monoisotopic (exact) mass is 604 g/mol. The van der Waals surface area contributed by atoms with E-state index in [-0.39, 0.29) is 5.56 Å². The number of carbonyl (C=O) groups is 1. The Hall–Kier alpha value is -4.64. The van der Waals surface area contributed by atoms with Gasteiger partial charge in [0.1, 0.15) is 5.75 Å². The fourth-order valence-electron chi connectivity index (χ4n) is 5.08. The van der Waals surface area contributed by atoms with E-state index in [0.29, 0.717) is 31.1 Å². The lowest BCUT2D eigenvalue weighted by molar-refractivity contribution is -0.137. The summed E-state index contributed by atoms with van der Waals surface area (Å²) >= 11 is 0. The Labute approximate surface area is 254 Å². The van der Waals surface area contributed by atoms with Gasteiger partial charge >= 0.3 is 6.18 Å². The van der Waals surface area contributed by atoms with E-state index in [4.69, 9.17) is 9.72 Å². The summed E-state index contributed by atoms with van der Waals surface area (Å²) in [5, 5.41) is 9.16. The first-order valence-electron chi connectivity index (χ1n) is 14.5. The molecule has 4 aromatic rings. The number of methoxy groups -OCH3 is 1. The molecule has 0 aliphatic carbocycles. The number of ether oxygens (including phenoxy) is 1. The van der Waals surface area contributed by atoms with Crippen LogP contribution in [0.25, 0.3) is 0 Å². The molecule has 3 heterocycles. The number of benzene rings is 3. The Bertz CT molecular complexity index is 1580. The normalized spacial score (nSPS) is 14.2. The van der Waals surface area contributed by atoms with Gasteiger partial charge in [-0.15, -0.1) is 0 Å². The molecule has 1 saturated heterocycles. The number of fused-ring (bicyclic) bond motifs is 1. The van der Waals surface area contributed by atoms with Crippen molar-refractivity contribution >= 4 is 28.9 Å². The summed E-state index contributed by atoms with van der Waals surface area (Å²) < 4.78 is 44.4. The third-order valence-corrected chi connectivity index (χ3v) is 7.50. The standard InChI is InChI=1S/C29H26F3N5O2.C4H9N/c1-18-6-7-23(34-27(38)19-4-3-5-21(14-19)29(30,31)32)15-26(18)37-13-12-25-20(17-37)16-33-28(36-25)35-22-8-10-24(39-2)11-9-22;1-2-4-5-3-1/h3-11,14-16H,12-13,17H2,1-2H3,(H,34,38)(H,33,35,36);5H,1-4H2. The Kier molecular flexibility index (Phi) is 9.64. The van der Waals surface area contributed by atoms with Gasteiger partial charge in [-0.1, -0.05) is 12.1 Å². The molecule has 0 saturated carbocycles. The summed E-state index contributed by atoms with van der Waals surface area (Å²) in [6.07, 6.45) is 0.776. The molecular weight excluding hydrogens is 569 g/mol. The predicted octanol–water partition coefficient (Wildman–Crippen LogP) is 6.74. The van der Waals surface area contributed by atoms with Gasteiger partial charge in [0.2, 0.25) is 5.95 Å². The highest BCUT2D eigenvalue weighted by Crippen LogP contribution is 2.31. The third kappa shape index (κ3) is 7.84. The maximum absolute atomic E-state index is 13.1. The van der Waals surface area contributed by atoms with Gasteiger partial charge in [-0.25, -0.2) is 9.97 Å². The molecular formula is C33H35F3N6O2. The summed E-state index contributed by atoms with van der Waals surface area (Å²) in [4.78, 5) is 24.1. The molecule has 6 rings (SSSR count). The van der Waals surface area contributed by atoms with Gasteiger partial charge in [-0.05, 0) is 93.0 Å². The molecule has 1 aromatic heterocycles. The number of hydrogen-bond donors (Lipinski definition) is 3. The maximum Gasteiger partial charge on any atom is 0.416 e. The molecule has 2 aliphatic heterocycles. The zero-order valence-corrected chi connectivity index (χ0v) is 24.7. The maximum atomic E-state index is 13.1. The fraction of sp³-hybridized carbons (Fsp3) is 0.303. The molecule has 230 valence electrons. The second-order valence-corrected chi connectivity index (χ2v) is 10.7. The van der Waals surface area contributed by atoms with Gasteiger partial charge in [-0.2, -0.15) is 13.2 Å². The highest BCUT2D eigenvalue weighted by atomic mass is 19.4. The molecule has 1 amide bonds. The summed E-state index contributed by atoms with van der Waals surface area (Å²) in [5.41, 5.74) is 4.32. The van der Waals surface area contributed by atoms with Gasteiger partial charge < -0.3 is 25.6 Å². The second kappa shape index (κ2) is 13.8. The van der Waals surface area contributed by atoms with Gasteiger partial charge in [-0.3, -0.25) is 4.79 Å². The van der Waals surface area contributed by atoms with Crippen molar-refractivity contribution < 1.29 is 22.7 Å². The number of carbonyl (C=O) groups excluding carboxylic acids is 1. The molecule has 0 atom stereocenters. The van der Waals surface area contributed by atoms with Crippen LogP contribution in [0.4, 0.5) is 36.2 Å². The van der Waals surface area contributed by atoms with E-state index in [1.54, 1.807) is 13.2 Å². The number of aryl methyl sites for hydroxylation is 1. The number of aromatic nitrogens is 2. The summed E-state index contributed by atoms with van der Waals surface area (Å²) in [6.45, 7) is 5.77. The number of rotatable bonds is 6. The van der Waals surface area contributed by atoms with Gasteiger partial charge in [0.05, 0.1) is 18.4 Å². The van der Waals surface area contributed by atoms with Crippen LogP contribution in [0.2, 0.25) is 0 Å². The first-order chi connectivity index (χ1) is 21.2. The molecule has 3 N–H and O–H groups in total. The quantitative estimate of drug-likeness (QED) is 0.225. The summed E-state index contributed by atoms with van der Waals surface area (Å²) in [7, 11) is 1.62. The van der Waals surface area contributed by atoms with Crippen LogP contribution in [0.1, 0.15) is 45.6 Å². The largest absolute Gasteiger partial charge is 0.497 e. The number of amides is 1. The molecule has 2 aliphatic rings. The van der Waals surface area contributed by atoms with E-state index in [1.807, 2.05) is 49.5 Å². The minimum atomic E-state index is -4.52. The van der Waals surface area contributed by atoms with Crippen molar-refractivity contribution in [1.82, 2.24) is 15.3 Å². The van der Waals surface area contributed by atoms with Crippen molar-refractivity contribution in [3.63, 3.8) is 0 Å². The van der Waals surface area contributed by atoms with Gasteiger partial charge in [0.15, 0.2) is 0 Å². The van der Waals surface area contributed by atoms with E-state index < -0.39 is 17.6 Å². The highest BCUT2D eigenvalue weighted by molar-refractivity contribution is 6.04. The smallest absolute Gasteiger partial charge is 0.416 e. The number of alkyl halides is 3. The van der Waals surface area contributed by atoms with Crippen LogP contribution in [0, 0.1) is 6.92 Å². The van der Waals surface area contributed by atoms with Crippen LogP contribution in [0.15, 0.2) is 72.9 Å². The Morgan fingerprint density at radius 1 is 1.00 bits per heavy atom. The van der Waals surface area contributed by atoms with Crippen molar-refractivity contribution in [3.8, 4) is 5.75 Å². The number of hydrogen-bond acceptors (Lipinski definition) is 7. The Morgan fingerprint density at radius 2 is 1.75 bits per heavy atom. The zero-order valence-electron chi connectivity index (χ0n) is 24.7. The van der Waals surface area contributed by atoms with E-state index in [1.165, 1.54) is 38.1 Å². The molecule has 44 heavy (non-hydrogen) atoms. The van der Waals surface area contributed by atoms with Crippen molar-refractivity contribution in [1.29, 1.82) is 0 Å². The summed E-state index contributed by atoms with van der Waals surface area (Å²) in [6, 6.07) is 17.3.